The zero-order chi connectivity index (χ0) is 28.5. The second-order valence-electron chi connectivity index (χ2n) is 8.12. The van der Waals surface area contributed by atoms with Crippen molar-refractivity contribution >= 4 is 26.4 Å². The Balaban J connectivity index is -0.000000228. The third-order valence-electron chi connectivity index (χ3n) is 2.20. The van der Waals surface area contributed by atoms with Gasteiger partial charge in [0.2, 0.25) is 0 Å². The van der Waals surface area contributed by atoms with Crippen LogP contribution in [0, 0.1) is 31.2 Å². The summed E-state index contributed by atoms with van der Waals surface area (Å²) in [4.78, 5) is 11.7. The Morgan fingerprint density at radius 3 is 1.59 bits per heavy atom. The van der Waals surface area contributed by atoms with Gasteiger partial charge in [-0.1, -0.05) is 24.3 Å². The summed E-state index contributed by atoms with van der Waals surface area (Å²) < 4.78 is 80.0. The molecule has 0 aromatic carbocycles. The van der Waals surface area contributed by atoms with E-state index in [0.717, 1.165) is 0 Å². The van der Waals surface area contributed by atoms with Crippen LogP contribution in [-0.2, 0) is 34.4 Å². The Morgan fingerprint density at radius 1 is 1.00 bits per heavy atom. The van der Waals surface area contributed by atoms with Gasteiger partial charge in [0, 0.05) is 6.42 Å². The SMILES string of the molecule is CC(N[C](=[Fe+])C#C[Si](C)(C)C)C(=O)OC(C)(C)C.F[P-](F)(F)(F)(F)F.[C-]#[O+].[C-]#[O+].[CH]1C=CC=C1. The second-order valence-corrected chi connectivity index (χ2v) is 15.3. The predicted molar refractivity (Wildman–Crippen MR) is 119 cm³/mol. The van der Waals surface area contributed by atoms with E-state index in [1.807, 2.05) is 51.5 Å². The quantitative estimate of drug-likeness (QED) is 0.0796. The summed E-state index contributed by atoms with van der Waals surface area (Å²) in [6.07, 6.45) is 10.0. The zero-order valence-electron chi connectivity index (χ0n) is 19.7. The van der Waals surface area contributed by atoms with Crippen molar-refractivity contribution in [2.24, 2.45) is 0 Å². The Morgan fingerprint density at radius 2 is 1.35 bits per heavy atom. The van der Waals surface area contributed by atoms with E-state index in [9.17, 15) is 30.0 Å². The van der Waals surface area contributed by atoms with Gasteiger partial charge in [-0.25, -0.2) is 0 Å². The second kappa shape index (κ2) is 15.5. The summed E-state index contributed by atoms with van der Waals surface area (Å²) in [5.74, 6) is 2.68. The van der Waals surface area contributed by atoms with Gasteiger partial charge in [0.25, 0.3) is 0 Å². The van der Waals surface area contributed by atoms with Gasteiger partial charge < -0.3 is 0 Å². The molecule has 1 radical (unpaired) electrons. The van der Waals surface area contributed by atoms with Gasteiger partial charge in [-0.15, -0.1) is 0 Å². The number of nitrogens with one attached hydrogen (secondary N) is 1. The van der Waals surface area contributed by atoms with E-state index < -0.39 is 27.5 Å². The largest absolute Gasteiger partial charge is 0.0767 e. The fraction of sp³-hybridized carbons (Fsp3) is 0.450. The Kier molecular flexibility index (Phi) is 18.2. The summed E-state index contributed by atoms with van der Waals surface area (Å²) in [5, 5.41) is 2.95. The average Bonchev–Trinajstić information content (AvgIpc) is 3.18. The van der Waals surface area contributed by atoms with Gasteiger partial charge in [0.05, 0.1) is 0 Å². The molecule has 0 spiro atoms. The molecule has 1 atom stereocenters. The smallest absolute Gasteiger partial charge is 0.00506 e. The Labute approximate surface area is 205 Å². The van der Waals surface area contributed by atoms with Crippen molar-refractivity contribution in [2.45, 2.75) is 59.0 Å². The monoisotopic (exact) mass is 575 g/mol. The molecule has 34 heavy (non-hydrogen) atoms. The van der Waals surface area contributed by atoms with Gasteiger partial charge in [0.1, 0.15) is 0 Å². The summed E-state index contributed by atoms with van der Waals surface area (Å²) in [7, 11) is -12.1. The van der Waals surface area contributed by atoms with Crippen LogP contribution in [0.15, 0.2) is 24.3 Å². The molecule has 1 unspecified atom stereocenters. The summed E-state index contributed by atoms with van der Waals surface area (Å²) in [6, 6.07) is -0.437. The van der Waals surface area contributed by atoms with Crippen LogP contribution in [0.3, 0.4) is 0 Å². The van der Waals surface area contributed by atoms with Gasteiger partial charge in [-0.3, -0.25) is 0 Å². The number of halogens is 6. The van der Waals surface area contributed by atoms with E-state index in [-0.39, 0.29) is 5.97 Å². The molecule has 14 heteroatoms. The van der Waals surface area contributed by atoms with E-state index in [4.69, 9.17) is 14.0 Å². The van der Waals surface area contributed by atoms with Crippen LogP contribution in [0.2, 0.25) is 19.6 Å². The van der Waals surface area contributed by atoms with E-state index in [2.05, 4.69) is 65.3 Å². The van der Waals surface area contributed by atoms with Crippen LogP contribution >= 0.6 is 7.81 Å². The molecular formula is C20H28F6FeNO4PSi. The number of carbonyl (C=O) groups is 1. The minimum absolute atomic E-state index is 0.293. The molecule has 1 aliphatic rings. The molecule has 0 heterocycles. The first-order chi connectivity index (χ1) is 14.9. The molecule has 0 fully saturated rings. The number of allylic oxidation sites excluding steroid dienone is 4. The average molecular weight is 575 g/mol. The summed E-state index contributed by atoms with van der Waals surface area (Å²) in [6.45, 7) is 22.8. The van der Waals surface area contributed by atoms with Crippen molar-refractivity contribution in [1.82, 2.24) is 5.32 Å². The van der Waals surface area contributed by atoms with Crippen molar-refractivity contribution < 1.29 is 59.6 Å². The molecule has 5 nitrogen and oxygen atoms in total. The van der Waals surface area contributed by atoms with Crippen LogP contribution in [0.4, 0.5) is 25.2 Å². The minimum Gasteiger partial charge on any atom is -0.0767 e. The van der Waals surface area contributed by atoms with Crippen molar-refractivity contribution in [3.63, 3.8) is 0 Å². The molecule has 196 valence electrons. The Hall–Kier alpha value is -1.43. The number of hydrogen-bond acceptors (Lipinski definition) is 3. The number of carbonyl (C=O) groups excluding carboxylic acids is 1. The van der Waals surface area contributed by atoms with Gasteiger partial charge in [0.15, 0.2) is 0 Å². The molecule has 0 bridgehead atoms. The van der Waals surface area contributed by atoms with Crippen LogP contribution < -0.4 is 5.32 Å². The van der Waals surface area contributed by atoms with Crippen LogP contribution in [-0.4, -0.2) is 30.2 Å². The molecule has 0 aromatic heterocycles. The minimum atomic E-state index is -10.7. The van der Waals surface area contributed by atoms with E-state index in [0.29, 0.717) is 4.54 Å². The fourth-order valence-electron chi connectivity index (χ4n) is 1.23. The molecule has 1 rings (SSSR count). The van der Waals surface area contributed by atoms with Gasteiger partial charge in [-0.2, -0.15) is 0 Å². The summed E-state index contributed by atoms with van der Waals surface area (Å²) >= 11 is 3.81. The maximum absolute atomic E-state index is 11.7. The standard InChI is InChI=1S/C13H23NO2Si.C5H5.2CO.F6P.Fe/c1-11(12(15)16-13(2,3)4)14-9-8-10-17(5,6)7;1-2-4-5-3-1;2*1-2;1-7(2,3,4,5)6;/h11,14H,1-7H3;1-5H;;;;/q;;;;-1;+1. The van der Waals surface area contributed by atoms with Crippen LogP contribution in [0.5, 0.6) is 0 Å². The van der Waals surface area contributed by atoms with Crippen molar-refractivity contribution in [1.29, 1.82) is 0 Å². The molecule has 0 aromatic rings. The molecule has 0 amide bonds. The predicted octanol–water partition coefficient (Wildman–Crippen LogP) is 6.49. The van der Waals surface area contributed by atoms with Crippen molar-refractivity contribution in [3.8, 4) is 11.5 Å². The van der Waals surface area contributed by atoms with Crippen molar-refractivity contribution in [2.75, 3.05) is 0 Å². The Bertz CT molecular complexity index is 788. The maximum atomic E-state index is 11.7. The van der Waals surface area contributed by atoms with Crippen molar-refractivity contribution in [3.05, 3.63) is 44.0 Å². The van der Waals surface area contributed by atoms with E-state index in [1.54, 1.807) is 6.92 Å². The number of hydrogen-bond donors (Lipinski definition) is 1. The van der Waals surface area contributed by atoms with E-state index in [1.165, 1.54) is 0 Å². The molecular weight excluding hydrogens is 547 g/mol. The van der Waals surface area contributed by atoms with Crippen LogP contribution in [0.1, 0.15) is 27.7 Å². The molecule has 0 saturated heterocycles. The number of ether oxygens (including phenoxy) is 1. The topological polar surface area (TPSA) is 78.1 Å². The molecule has 1 N–H and O–H groups in total. The normalized spacial score (nSPS) is 14.5. The fourth-order valence-corrected chi connectivity index (χ4v) is 2.16. The van der Waals surface area contributed by atoms with E-state index >= 15 is 0 Å². The number of esters is 1. The first kappa shape index (κ1) is 39.8. The third-order valence-corrected chi connectivity index (χ3v) is 3.37. The summed E-state index contributed by atoms with van der Waals surface area (Å²) in [5.41, 5.74) is 2.72. The molecule has 0 aliphatic heterocycles. The first-order valence-corrected chi connectivity index (χ1v) is 15.1. The molecule has 0 saturated carbocycles. The number of rotatable bonds is 3. The van der Waals surface area contributed by atoms with Gasteiger partial charge in [-0.05, 0) is 0 Å². The third kappa shape index (κ3) is 52.5. The van der Waals surface area contributed by atoms with Crippen LogP contribution in [0.25, 0.3) is 0 Å². The zero-order valence-corrected chi connectivity index (χ0v) is 22.7. The van der Waals surface area contributed by atoms with Gasteiger partial charge >= 0.3 is 175 Å². The first-order valence-electron chi connectivity index (χ1n) is 9.03. The maximum Gasteiger partial charge on any atom is 0.00506 e. The molecule has 1 aliphatic carbocycles.